The number of hydrazine groups is 1. The molecule has 0 bridgehead atoms. The summed E-state index contributed by atoms with van der Waals surface area (Å²) in [5, 5.41) is 9.04. The first-order valence-corrected chi connectivity index (χ1v) is 14.9. The molecule has 0 spiro atoms. The number of ether oxygens (including phenoxy) is 2. The monoisotopic (exact) mass is 645 g/mol. The molecule has 9 heteroatoms. The van der Waals surface area contributed by atoms with Crippen LogP contribution in [0.25, 0.3) is 11.1 Å². The van der Waals surface area contributed by atoms with E-state index in [-0.39, 0.29) is 19.6 Å². The van der Waals surface area contributed by atoms with Crippen molar-refractivity contribution in [1.29, 1.82) is 0 Å². The second-order valence-corrected chi connectivity index (χ2v) is 11.0. The summed E-state index contributed by atoms with van der Waals surface area (Å²) in [6, 6.07) is 32.9. The number of benzene rings is 4. The summed E-state index contributed by atoms with van der Waals surface area (Å²) in [7, 11) is 0. The van der Waals surface area contributed by atoms with Crippen LogP contribution >= 0.6 is 15.9 Å². The van der Waals surface area contributed by atoms with E-state index in [1.165, 1.54) is 0 Å². The van der Waals surface area contributed by atoms with E-state index in [0.29, 0.717) is 30.2 Å². The predicted octanol–water partition coefficient (Wildman–Crippen LogP) is 5.97. The molecule has 43 heavy (non-hydrogen) atoms. The second-order valence-electron chi connectivity index (χ2n) is 10.1. The van der Waals surface area contributed by atoms with Gasteiger partial charge in [0.2, 0.25) is 5.90 Å². The van der Waals surface area contributed by atoms with Gasteiger partial charge in [-0.25, -0.2) is 14.8 Å². The first-order chi connectivity index (χ1) is 21.0. The van der Waals surface area contributed by atoms with E-state index in [2.05, 4.69) is 26.8 Å². The van der Waals surface area contributed by atoms with Crippen molar-refractivity contribution in [3.8, 4) is 16.9 Å². The summed E-state index contributed by atoms with van der Waals surface area (Å²) < 4.78 is 26.0. The number of hydrogen-bond acceptors (Lipinski definition) is 6. The molecule has 4 aromatic rings. The number of aliphatic hydroxyl groups excluding tert-OH is 1. The number of aliphatic hydroxyl groups is 1. The van der Waals surface area contributed by atoms with Crippen molar-refractivity contribution in [3.05, 3.63) is 124 Å². The summed E-state index contributed by atoms with van der Waals surface area (Å²) in [5.74, 6) is 0.524. The van der Waals surface area contributed by atoms with E-state index in [1.54, 1.807) is 12.1 Å². The molecule has 3 N–H and O–H groups in total. The van der Waals surface area contributed by atoms with Gasteiger partial charge in [-0.15, -0.1) is 0 Å². The number of aliphatic imine (C=N–C) groups is 1. The van der Waals surface area contributed by atoms with Crippen LogP contribution in [0.4, 0.5) is 4.39 Å². The minimum atomic E-state index is -1.42. The lowest BCUT2D eigenvalue weighted by Crippen LogP contribution is -2.54. The molecule has 1 heterocycles. The molecule has 0 aliphatic carbocycles. The Labute approximate surface area is 258 Å². The SMILES string of the molecule is O=C(NNCCF)[C@@]1(Cc2ccccc2Br)N=C(c2ccc(OCCCO)cc2)O[C@H]1c1ccc(-c2ccccc2)cc1. The van der Waals surface area contributed by atoms with E-state index in [9.17, 15) is 9.18 Å². The fourth-order valence-electron chi connectivity index (χ4n) is 4.99. The van der Waals surface area contributed by atoms with Gasteiger partial charge in [0.05, 0.1) is 6.61 Å². The normalized spacial score (nSPS) is 17.7. The maximum Gasteiger partial charge on any atom is 0.266 e. The lowest BCUT2D eigenvalue weighted by atomic mass is 9.82. The van der Waals surface area contributed by atoms with Gasteiger partial charge < -0.3 is 14.6 Å². The van der Waals surface area contributed by atoms with Crippen molar-refractivity contribution in [2.24, 2.45) is 4.99 Å². The highest BCUT2D eigenvalue weighted by molar-refractivity contribution is 9.10. The zero-order chi connectivity index (χ0) is 30.1. The van der Waals surface area contributed by atoms with Gasteiger partial charge in [-0.05, 0) is 52.6 Å². The molecule has 1 amide bonds. The summed E-state index contributed by atoms with van der Waals surface area (Å²) in [6.45, 7) is -0.226. The Morgan fingerprint density at radius 1 is 0.930 bits per heavy atom. The first kappa shape index (κ1) is 30.4. The molecule has 1 aliphatic rings. The average Bonchev–Trinajstić information content (AvgIpc) is 3.43. The molecular formula is C34H33BrFN3O4. The third-order valence-corrected chi connectivity index (χ3v) is 7.96. The van der Waals surface area contributed by atoms with Crippen LogP contribution in [-0.4, -0.2) is 48.9 Å². The molecule has 5 rings (SSSR count). The molecule has 0 unspecified atom stereocenters. The molecule has 2 atom stereocenters. The van der Waals surface area contributed by atoms with Crippen molar-refractivity contribution >= 4 is 27.7 Å². The quantitative estimate of drug-likeness (QED) is 0.123. The van der Waals surface area contributed by atoms with Crippen molar-refractivity contribution in [2.75, 3.05) is 26.4 Å². The minimum Gasteiger partial charge on any atom is -0.494 e. The number of alkyl halides is 1. The van der Waals surface area contributed by atoms with Crippen LogP contribution in [-0.2, 0) is 16.0 Å². The average molecular weight is 647 g/mol. The van der Waals surface area contributed by atoms with E-state index >= 15 is 0 Å². The molecular weight excluding hydrogens is 613 g/mol. The molecule has 7 nitrogen and oxygen atoms in total. The van der Waals surface area contributed by atoms with Gasteiger partial charge in [0.25, 0.3) is 5.91 Å². The van der Waals surface area contributed by atoms with Gasteiger partial charge in [0, 0.05) is 36.0 Å². The fraction of sp³-hybridized carbons (Fsp3) is 0.235. The highest BCUT2D eigenvalue weighted by atomic mass is 79.9. The van der Waals surface area contributed by atoms with E-state index < -0.39 is 24.2 Å². The number of carbonyl (C=O) groups is 1. The molecule has 0 saturated heterocycles. The Hall–Kier alpha value is -4.05. The maximum absolute atomic E-state index is 14.1. The lowest BCUT2D eigenvalue weighted by molar-refractivity contribution is -0.130. The number of rotatable bonds is 13. The van der Waals surface area contributed by atoms with Crippen LogP contribution in [0.1, 0.15) is 29.2 Å². The molecule has 222 valence electrons. The van der Waals surface area contributed by atoms with Crippen molar-refractivity contribution < 1.29 is 23.8 Å². The number of carbonyl (C=O) groups excluding carboxylic acids is 1. The predicted molar refractivity (Wildman–Crippen MR) is 169 cm³/mol. The summed E-state index contributed by atoms with van der Waals surface area (Å²) in [6.07, 6.45) is -0.0352. The lowest BCUT2D eigenvalue weighted by Gasteiger charge is -2.31. The fourth-order valence-corrected chi connectivity index (χ4v) is 5.42. The Morgan fingerprint density at radius 3 is 2.30 bits per heavy atom. The van der Waals surface area contributed by atoms with Crippen LogP contribution < -0.4 is 15.6 Å². The van der Waals surface area contributed by atoms with Crippen LogP contribution in [0.3, 0.4) is 0 Å². The Morgan fingerprint density at radius 2 is 1.60 bits per heavy atom. The Kier molecular flexibility index (Phi) is 10.2. The second kappa shape index (κ2) is 14.4. The summed E-state index contributed by atoms with van der Waals surface area (Å²) >= 11 is 3.63. The third kappa shape index (κ3) is 7.13. The third-order valence-electron chi connectivity index (χ3n) is 7.19. The van der Waals surface area contributed by atoms with Crippen molar-refractivity contribution in [2.45, 2.75) is 24.5 Å². The zero-order valence-corrected chi connectivity index (χ0v) is 25.1. The van der Waals surface area contributed by atoms with Gasteiger partial charge in [-0.2, -0.15) is 0 Å². The molecule has 0 aromatic heterocycles. The van der Waals surface area contributed by atoms with Crippen molar-refractivity contribution in [1.82, 2.24) is 10.9 Å². The number of halogens is 2. The Balaban J connectivity index is 1.56. The number of nitrogens with zero attached hydrogens (tertiary/aromatic N) is 1. The van der Waals surface area contributed by atoms with Gasteiger partial charge in [-0.1, -0.05) is 88.7 Å². The van der Waals surface area contributed by atoms with E-state index in [4.69, 9.17) is 19.6 Å². The molecule has 0 radical (unpaired) electrons. The highest BCUT2D eigenvalue weighted by Gasteiger charge is 2.53. The van der Waals surface area contributed by atoms with Crippen LogP contribution in [0.2, 0.25) is 0 Å². The van der Waals surface area contributed by atoms with Gasteiger partial charge in [-0.3, -0.25) is 10.2 Å². The molecule has 0 saturated carbocycles. The van der Waals surface area contributed by atoms with Gasteiger partial charge in [0.1, 0.15) is 12.4 Å². The van der Waals surface area contributed by atoms with Gasteiger partial charge >= 0.3 is 0 Å². The topological polar surface area (TPSA) is 92.2 Å². The van der Waals surface area contributed by atoms with E-state index in [0.717, 1.165) is 26.7 Å². The standard InChI is InChI=1S/C34H33BrFN3O4/c35-30-10-5-4-9-28(30)23-34(33(41)39-37-20-19-36)31(26-13-11-25(12-14-26)24-7-2-1-3-8-24)43-32(38-34)27-15-17-29(18-16-27)42-22-6-21-40/h1-5,7-18,31,37,40H,6,19-23H2,(H,39,41)/t31-,34-/m0/s1. The van der Waals surface area contributed by atoms with E-state index in [1.807, 2.05) is 91.0 Å². The summed E-state index contributed by atoms with van der Waals surface area (Å²) in [4.78, 5) is 19.1. The Bertz CT molecular complexity index is 1530. The minimum absolute atomic E-state index is 0.0392. The number of nitrogens with one attached hydrogen (secondary N) is 2. The first-order valence-electron chi connectivity index (χ1n) is 14.1. The zero-order valence-electron chi connectivity index (χ0n) is 23.5. The number of amides is 1. The molecule has 4 aromatic carbocycles. The molecule has 1 aliphatic heterocycles. The maximum atomic E-state index is 14.1. The number of hydrogen-bond donors (Lipinski definition) is 3. The summed E-state index contributed by atoms with van der Waals surface area (Å²) in [5.41, 5.74) is 8.37. The van der Waals surface area contributed by atoms with Gasteiger partial charge in [0.15, 0.2) is 11.6 Å². The van der Waals surface area contributed by atoms with Crippen LogP contribution in [0.5, 0.6) is 5.75 Å². The smallest absolute Gasteiger partial charge is 0.266 e. The van der Waals surface area contributed by atoms with Crippen LogP contribution in [0, 0.1) is 0 Å². The van der Waals surface area contributed by atoms with Crippen LogP contribution in [0.15, 0.2) is 113 Å². The van der Waals surface area contributed by atoms with Crippen molar-refractivity contribution in [3.63, 3.8) is 0 Å². The highest BCUT2D eigenvalue weighted by Crippen LogP contribution is 2.43. The molecule has 0 fully saturated rings. The largest absolute Gasteiger partial charge is 0.494 e.